The molecule has 3 aromatic carbocycles. The zero-order valence-electron chi connectivity index (χ0n) is 16.4. The summed E-state index contributed by atoms with van der Waals surface area (Å²) < 4.78 is 13.4. The van der Waals surface area contributed by atoms with Crippen LogP contribution in [0.25, 0.3) is 22.0 Å². The van der Waals surface area contributed by atoms with Crippen molar-refractivity contribution in [3.05, 3.63) is 101 Å². The maximum atomic E-state index is 13.4. The molecule has 4 heteroatoms. The summed E-state index contributed by atoms with van der Waals surface area (Å²) in [5.74, 6) is -0.518. The summed E-state index contributed by atoms with van der Waals surface area (Å²) >= 11 is 0. The number of amides is 1. The van der Waals surface area contributed by atoms with Gasteiger partial charge in [-0.25, -0.2) is 4.39 Å². The molecule has 144 valence electrons. The Morgan fingerprint density at radius 3 is 2.48 bits per heavy atom. The van der Waals surface area contributed by atoms with Gasteiger partial charge in [-0.05, 0) is 43.2 Å². The van der Waals surface area contributed by atoms with Crippen LogP contribution >= 0.6 is 0 Å². The molecule has 1 aromatic heterocycles. The van der Waals surface area contributed by atoms with Gasteiger partial charge in [0.25, 0.3) is 5.91 Å². The number of rotatable bonds is 4. The summed E-state index contributed by atoms with van der Waals surface area (Å²) in [6, 6.07) is 22.2. The minimum Gasteiger partial charge on any atom is -0.348 e. The third kappa shape index (κ3) is 4.02. The maximum Gasteiger partial charge on any atom is 0.252 e. The molecule has 1 N–H and O–H groups in total. The molecule has 0 fully saturated rings. The molecule has 0 aliphatic heterocycles. The first-order chi connectivity index (χ1) is 14.0. The van der Waals surface area contributed by atoms with Crippen molar-refractivity contribution >= 4 is 16.8 Å². The lowest BCUT2D eigenvalue weighted by Gasteiger charge is -2.12. The van der Waals surface area contributed by atoms with Crippen molar-refractivity contribution < 1.29 is 9.18 Å². The van der Waals surface area contributed by atoms with Crippen LogP contribution < -0.4 is 5.32 Å². The number of para-hydroxylation sites is 1. The number of hydrogen-bond donors (Lipinski definition) is 1. The second-order valence-corrected chi connectivity index (χ2v) is 7.19. The van der Waals surface area contributed by atoms with Gasteiger partial charge in [0.2, 0.25) is 0 Å². The van der Waals surface area contributed by atoms with Crippen molar-refractivity contribution in [3.8, 4) is 11.1 Å². The number of nitrogens with zero attached hydrogens (tertiary/aromatic N) is 1. The van der Waals surface area contributed by atoms with E-state index >= 15 is 0 Å². The molecule has 1 heterocycles. The van der Waals surface area contributed by atoms with Gasteiger partial charge in [-0.1, -0.05) is 60.2 Å². The third-order valence-electron chi connectivity index (χ3n) is 4.92. The quantitative estimate of drug-likeness (QED) is 0.498. The standard InChI is InChI=1S/C25H21FN2O/c1-16-9-11-19(12-10-16)21-7-4-8-22-23(13-17(2)28-24(21)22)25(29)27-15-18-5-3-6-20(26)14-18/h3-14H,15H2,1-2H3,(H,27,29). The van der Waals surface area contributed by atoms with Gasteiger partial charge >= 0.3 is 0 Å². The predicted molar refractivity (Wildman–Crippen MR) is 114 cm³/mol. The summed E-state index contributed by atoms with van der Waals surface area (Å²) in [5, 5.41) is 3.69. The minimum absolute atomic E-state index is 0.203. The lowest BCUT2D eigenvalue weighted by molar-refractivity contribution is 0.0952. The van der Waals surface area contributed by atoms with Crippen molar-refractivity contribution in [2.24, 2.45) is 0 Å². The van der Waals surface area contributed by atoms with E-state index in [1.54, 1.807) is 18.2 Å². The van der Waals surface area contributed by atoms with Crippen molar-refractivity contribution in [2.75, 3.05) is 0 Å². The van der Waals surface area contributed by atoms with E-state index in [0.717, 1.165) is 27.7 Å². The number of aryl methyl sites for hydroxylation is 2. The summed E-state index contributed by atoms with van der Waals surface area (Å²) in [6.07, 6.45) is 0. The van der Waals surface area contributed by atoms with Gasteiger partial charge in [-0.3, -0.25) is 9.78 Å². The highest BCUT2D eigenvalue weighted by atomic mass is 19.1. The first-order valence-electron chi connectivity index (χ1n) is 9.51. The van der Waals surface area contributed by atoms with E-state index in [4.69, 9.17) is 4.98 Å². The largest absolute Gasteiger partial charge is 0.348 e. The van der Waals surface area contributed by atoms with Crippen molar-refractivity contribution in [3.63, 3.8) is 0 Å². The summed E-state index contributed by atoms with van der Waals surface area (Å²) in [4.78, 5) is 17.6. The normalized spacial score (nSPS) is 10.9. The molecule has 4 rings (SSSR count). The molecule has 0 spiro atoms. The van der Waals surface area contributed by atoms with Crippen LogP contribution in [0.5, 0.6) is 0 Å². The smallest absolute Gasteiger partial charge is 0.252 e. The Hall–Kier alpha value is -3.53. The van der Waals surface area contributed by atoms with Crippen LogP contribution in [0.4, 0.5) is 4.39 Å². The number of fused-ring (bicyclic) bond motifs is 1. The van der Waals surface area contributed by atoms with Crippen LogP contribution in [0, 0.1) is 19.7 Å². The molecule has 0 atom stereocenters. The van der Waals surface area contributed by atoms with Crippen LogP contribution in [0.3, 0.4) is 0 Å². The van der Waals surface area contributed by atoms with Crippen LogP contribution in [-0.4, -0.2) is 10.9 Å². The lowest BCUT2D eigenvalue weighted by Crippen LogP contribution is -2.23. The predicted octanol–water partition coefficient (Wildman–Crippen LogP) is 5.59. The van der Waals surface area contributed by atoms with E-state index in [2.05, 4.69) is 36.5 Å². The Morgan fingerprint density at radius 2 is 1.72 bits per heavy atom. The Balaban J connectivity index is 1.72. The Bertz CT molecular complexity index is 1200. The van der Waals surface area contributed by atoms with Crippen molar-refractivity contribution in [2.45, 2.75) is 20.4 Å². The molecular formula is C25H21FN2O. The number of carbonyl (C=O) groups excluding carboxylic acids is 1. The fourth-order valence-electron chi connectivity index (χ4n) is 3.45. The van der Waals surface area contributed by atoms with E-state index in [0.29, 0.717) is 11.1 Å². The van der Waals surface area contributed by atoms with E-state index in [1.807, 2.05) is 25.1 Å². The van der Waals surface area contributed by atoms with Crippen LogP contribution in [0.15, 0.2) is 72.8 Å². The number of hydrogen-bond acceptors (Lipinski definition) is 2. The molecule has 0 aliphatic rings. The molecule has 0 saturated heterocycles. The third-order valence-corrected chi connectivity index (χ3v) is 4.92. The minimum atomic E-state index is -0.315. The Kier molecular flexibility index (Phi) is 5.09. The van der Waals surface area contributed by atoms with Gasteiger partial charge in [-0.15, -0.1) is 0 Å². The number of carbonyl (C=O) groups is 1. The van der Waals surface area contributed by atoms with Gasteiger partial charge in [0.05, 0.1) is 11.1 Å². The SMILES string of the molecule is Cc1ccc(-c2cccc3c(C(=O)NCc4cccc(F)c4)cc(C)nc23)cc1. The molecule has 4 aromatic rings. The van der Waals surface area contributed by atoms with Crippen molar-refractivity contribution in [1.82, 2.24) is 10.3 Å². The molecule has 3 nitrogen and oxygen atoms in total. The van der Waals surface area contributed by atoms with E-state index < -0.39 is 0 Å². The first kappa shape index (κ1) is 18.8. The summed E-state index contributed by atoms with van der Waals surface area (Å²) in [6.45, 7) is 4.20. The van der Waals surface area contributed by atoms with Crippen LogP contribution in [-0.2, 0) is 6.54 Å². The number of nitrogens with one attached hydrogen (secondary N) is 1. The van der Waals surface area contributed by atoms with Gasteiger partial charge in [0.15, 0.2) is 0 Å². The van der Waals surface area contributed by atoms with Gasteiger partial charge in [0, 0.05) is 23.2 Å². The van der Waals surface area contributed by atoms with E-state index in [-0.39, 0.29) is 18.3 Å². The zero-order valence-corrected chi connectivity index (χ0v) is 16.4. The molecule has 0 unspecified atom stereocenters. The summed E-state index contributed by atoms with van der Waals surface area (Å²) in [5.41, 5.74) is 6.10. The number of benzene rings is 3. The molecule has 0 radical (unpaired) electrons. The molecule has 29 heavy (non-hydrogen) atoms. The maximum absolute atomic E-state index is 13.4. The second-order valence-electron chi connectivity index (χ2n) is 7.19. The van der Waals surface area contributed by atoms with Crippen LogP contribution in [0.1, 0.15) is 27.2 Å². The highest BCUT2D eigenvalue weighted by Crippen LogP contribution is 2.30. The fourth-order valence-corrected chi connectivity index (χ4v) is 3.45. The number of aromatic nitrogens is 1. The van der Waals surface area contributed by atoms with Crippen molar-refractivity contribution in [1.29, 1.82) is 0 Å². The second kappa shape index (κ2) is 7.84. The average molecular weight is 384 g/mol. The molecule has 0 bridgehead atoms. The van der Waals surface area contributed by atoms with E-state index in [9.17, 15) is 9.18 Å². The molecule has 0 saturated carbocycles. The topological polar surface area (TPSA) is 42.0 Å². The Labute approximate surface area is 169 Å². The van der Waals surface area contributed by atoms with Crippen LogP contribution in [0.2, 0.25) is 0 Å². The van der Waals surface area contributed by atoms with Gasteiger partial charge in [-0.2, -0.15) is 0 Å². The zero-order chi connectivity index (χ0) is 20.4. The highest BCUT2D eigenvalue weighted by molar-refractivity contribution is 6.09. The number of pyridine rings is 1. The molecule has 0 aliphatic carbocycles. The highest BCUT2D eigenvalue weighted by Gasteiger charge is 2.15. The fraction of sp³-hybridized carbons (Fsp3) is 0.120. The number of halogens is 1. The van der Waals surface area contributed by atoms with E-state index in [1.165, 1.54) is 17.7 Å². The van der Waals surface area contributed by atoms with Gasteiger partial charge < -0.3 is 5.32 Å². The average Bonchev–Trinajstić information content (AvgIpc) is 2.72. The molecule has 1 amide bonds. The van der Waals surface area contributed by atoms with Gasteiger partial charge in [0.1, 0.15) is 5.82 Å². The first-order valence-corrected chi connectivity index (χ1v) is 9.51. The lowest BCUT2D eigenvalue weighted by atomic mass is 9.98. The molecular weight excluding hydrogens is 363 g/mol. The monoisotopic (exact) mass is 384 g/mol. The summed E-state index contributed by atoms with van der Waals surface area (Å²) in [7, 11) is 0. The Morgan fingerprint density at radius 1 is 0.966 bits per heavy atom.